The third-order valence-electron chi connectivity index (χ3n) is 5.08. The lowest BCUT2D eigenvalue weighted by Crippen LogP contribution is -2.32. The van der Waals surface area contributed by atoms with E-state index in [2.05, 4.69) is 133 Å². The number of hydrogen-bond donors (Lipinski definition) is 0. The summed E-state index contributed by atoms with van der Waals surface area (Å²) >= 11 is 0. The average Bonchev–Trinajstić information content (AvgIpc) is 2.83. The fourth-order valence-corrected chi connectivity index (χ4v) is 7.71. The fraction of sp³-hybridized carbons (Fsp3) is 0.0370. The lowest BCUT2D eigenvalue weighted by molar-refractivity contribution is 0.368. The Labute approximate surface area is 193 Å². The van der Waals surface area contributed by atoms with Gasteiger partial charge in [-0.1, -0.05) is 91.0 Å². The Kier molecular flexibility index (Phi) is 8.62. The molecule has 0 heterocycles. The van der Waals surface area contributed by atoms with Crippen molar-refractivity contribution in [1.82, 2.24) is 0 Å². The van der Waals surface area contributed by atoms with E-state index in [-0.39, 0.29) is 0 Å². The van der Waals surface area contributed by atoms with Crippen LogP contribution in [0.2, 0.25) is 0 Å². The monoisotopic (exact) mass is 466 g/mol. The summed E-state index contributed by atoms with van der Waals surface area (Å²) in [5.74, 6) is 0. The molecule has 0 amide bonds. The predicted octanol–water partition coefficient (Wildman–Crippen LogP) is 6.99. The Balaban J connectivity index is 0.000000555. The van der Waals surface area contributed by atoms with Crippen molar-refractivity contribution in [3.63, 3.8) is 0 Å². The standard InChI is InChI=1S/C27H24P.BF4/c1-5-14-24(15-6-1)16-13-23-28(25-17-7-2-8-18-25,26-19-9-3-10-20-26)27-21-11-4-12-22-27;2-1(3,4)5/h1-22H,23H2;/q+1;-1. The highest BCUT2D eigenvalue weighted by Crippen LogP contribution is 2.55. The van der Waals surface area contributed by atoms with Crippen LogP contribution < -0.4 is 15.9 Å². The van der Waals surface area contributed by atoms with Crippen molar-refractivity contribution in [2.45, 2.75) is 0 Å². The highest BCUT2D eigenvalue weighted by atomic mass is 31.2. The van der Waals surface area contributed by atoms with Crippen LogP contribution in [-0.4, -0.2) is 13.4 Å². The van der Waals surface area contributed by atoms with Crippen molar-refractivity contribution in [3.8, 4) is 0 Å². The molecule has 0 fully saturated rings. The van der Waals surface area contributed by atoms with E-state index < -0.39 is 14.5 Å². The molecule has 33 heavy (non-hydrogen) atoms. The van der Waals surface area contributed by atoms with E-state index in [1.54, 1.807) is 0 Å². The molecule has 0 nitrogen and oxygen atoms in total. The highest BCUT2D eigenvalue weighted by Gasteiger charge is 2.43. The summed E-state index contributed by atoms with van der Waals surface area (Å²) in [4.78, 5) is 0. The largest absolute Gasteiger partial charge is 0.673 e. The van der Waals surface area contributed by atoms with Crippen molar-refractivity contribution < 1.29 is 17.3 Å². The van der Waals surface area contributed by atoms with Crippen molar-refractivity contribution in [3.05, 3.63) is 133 Å². The Morgan fingerprint density at radius 2 is 0.818 bits per heavy atom. The molecule has 4 rings (SSSR count). The van der Waals surface area contributed by atoms with Crippen LogP contribution in [0.5, 0.6) is 0 Å². The van der Waals surface area contributed by atoms with Gasteiger partial charge in [-0.2, -0.15) is 0 Å². The third-order valence-corrected chi connectivity index (χ3v) is 9.38. The van der Waals surface area contributed by atoms with Crippen LogP contribution in [-0.2, 0) is 0 Å². The summed E-state index contributed by atoms with van der Waals surface area (Å²) in [6, 6.07) is 43.6. The summed E-state index contributed by atoms with van der Waals surface area (Å²) in [5.41, 5.74) is 1.25. The van der Waals surface area contributed by atoms with E-state index in [1.807, 2.05) is 0 Å². The maximum atomic E-state index is 9.75. The number of rotatable bonds is 6. The van der Waals surface area contributed by atoms with E-state index in [4.69, 9.17) is 0 Å². The first-order valence-electron chi connectivity index (χ1n) is 10.5. The van der Waals surface area contributed by atoms with Gasteiger partial charge in [0.25, 0.3) is 0 Å². The van der Waals surface area contributed by atoms with E-state index in [0.717, 1.165) is 6.16 Å². The second kappa shape index (κ2) is 11.6. The Hall–Kier alpha value is -3.17. The fourth-order valence-electron chi connectivity index (χ4n) is 3.72. The quantitative estimate of drug-likeness (QED) is 0.163. The predicted molar refractivity (Wildman–Crippen MR) is 136 cm³/mol. The molecule has 0 atom stereocenters. The minimum Gasteiger partial charge on any atom is -0.418 e. The molecule has 0 N–H and O–H groups in total. The lowest BCUT2D eigenvalue weighted by atomic mass is 10.2. The summed E-state index contributed by atoms with van der Waals surface area (Å²) in [6.07, 6.45) is 5.61. The zero-order valence-corrected chi connectivity index (χ0v) is 18.8. The summed E-state index contributed by atoms with van der Waals surface area (Å²) in [5, 5.41) is 4.26. The molecule has 0 radical (unpaired) electrons. The third kappa shape index (κ3) is 7.16. The Morgan fingerprint density at radius 3 is 1.15 bits per heavy atom. The van der Waals surface area contributed by atoms with Gasteiger partial charge in [0.15, 0.2) is 0 Å². The normalized spacial score (nSPS) is 11.6. The molecule has 4 aromatic rings. The average molecular weight is 466 g/mol. The van der Waals surface area contributed by atoms with E-state index in [9.17, 15) is 17.3 Å². The van der Waals surface area contributed by atoms with Crippen LogP contribution >= 0.6 is 7.26 Å². The number of benzene rings is 4. The summed E-state index contributed by atoms with van der Waals surface area (Å²) in [7, 11) is -7.78. The molecule has 0 saturated heterocycles. The molecule has 0 bridgehead atoms. The van der Waals surface area contributed by atoms with E-state index >= 15 is 0 Å². The molecule has 6 heteroatoms. The molecule has 0 spiro atoms. The second-order valence-corrected chi connectivity index (χ2v) is 10.8. The van der Waals surface area contributed by atoms with Gasteiger partial charge in [0.1, 0.15) is 23.2 Å². The van der Waals surface area contributed by atoms with E-state index in [1.165, 1.54) is 21.5 Å². The number of allylic oxidation sites excluding steroid dienone is 1. The van der Waals surface area contributed by atoms with Crippen molar-refractivity contribution in [1.29, 1.82) is 0 Å². The van der Waals surface area contributed by atoms with Crippen molar-refractivity contribution in [2.75, 3.05) is 6.16 Å². The topological polar surface area (TPSA) is 0 Å². The molecule has 0 aliphatic rings. The van der Waals surface area contributed by atoms with Crippen molar-refractivity contribution in [2.24, 2.45) is 0 Å². The van der Waals surface area contributed by atoms with Gasteiger partial charge in [-0.3, -0.25) is 0 Å². The molecule has 0 unspecified atom stereocenters. The van der Waals surface area contributed by atoms with Crippen LogP contribution in [0.25, 0.3) is 6.08 Å². The smallest absolute Gasteiger partial charge is 0.418 e. The Bertz CT molecular complexity index is 1010. The van der Waals surface area contributed by atoms with E-state index in [0.29, 0.717) is 0 Å². The van der Waals surface area contributed by atoms with Gasteiger partial charge in [0.05, 0.1) is 6.16 Å². The second-order valence-electron chi connectivity index (χ2n) is 7.31. The number of halogens is 4. The molecule has 0 aliphatic carbocycles. The zero-order valence-electron chi connectivity index (χ0n) is 17.9. The minimum atomic E-state index is -6.00. The first-order valence-corrected chi connectivity index (χ1v) is 12.5. The van der Waals surface area contributed by atoms with Crippen LogP contribution in [0.15, 0.2) is 127 Å². The van der Waals surface area contributed by atoms with Gasteiger partial charge in [0, 0.05) is 0 Å². The SMILES string of the molecule is C(=Cc1ccccc1)C[P+](c1ccccc1)(c1ccccc1)c1ccccc1.F[B-](F)(F)F. The number of hydrogen-bond acceptors (Lipinski definition) is 0. The minimum absolute atomic E-state index is 1.000. The van der Waals surface area contributed by atoms with Crippen LogP contribution in [0, 0.1) is 0 Å². The molecule has 0 aliphatic heterocycles. The first-order chi connectivity index (χ1) is 15.9. The Morgan fingerprint density at radius 1 is 0.515 bits per heavy atom. The van der Waals surface area contributed by atoms with Gasteiger partial charge in [-0.25, -0.2) is 0 Å². The van der Waals surface area contributed by atoms with Gasteiger partial charge < -0.3 is 17.3 Å². The summed E-state index contributed by atoms with van der Waals surface area (Å²) < 4.78 is 39.0. The highest BCUT2D eigenvalue weighted by molar-refractivity contribution is 7.95. The maximum absolute atomic E-state index is 9.75. The zero-order chi connectivity index (χ0) is 23.6. The lowest BCUT2D eigenvalue weighted by Gasteiger charge is -2.26. The van der Waals surface area contributed by atoms with Crippen molar-refractivity contribution >= 4 is 36.5 Å². The molecule has 4 aromatic carbocycles. The van der Waals surface area contributed by atoms with Gasteiger partial charge in [0.2, 0.25) is 0 Å². The van der Waals surface area contributed by atoms with Gasteiger partial charge in [-0.15, -0.1) is 0 Å². The molecular formula is C27H24BF4P. The van der Waals surface area contributed by atoms with Gasteiger partial charge >= 0.3 is 7.25 Å². The van der Waals surface area contributed by atoms with Crippen LogP contribution in [0.3, 0.4) is 0 Å². The van der Waals surface area contributed by atoms with Crippen LogP contribution in [0.4, 0.5) is 17.3 Å². The molecule has 0 aromatic heterocycles. The van der Waals surface area contributed by atoms with Gasteiger partial charge in [-0.05, 0) is 48.0 Å². The molecular weight excluding hydrogens is 442 g/mol. The summed E-state index contributed by atoms with van der Waals surface area (Å²) in [6.45, 7) is 0. The molecule has 0 saturated carbocycles. The maximum Gasteiger partial charge on any atom is 0.673 e. The first kappa shape index (κ1) is 24.5. The van der Waals surface area contributed by atoms with Crippen LogP contribution in [0.1, 0.15) is 5.56 Å². The molecule has 168 valence electrons.